The number of hydrogen-bond donors (Lipinski definition) is 1. The third-order valence-electron chi connectivity index (χ3n) is 6.34. The topological polar surface area (TPSA) is 47.6 Å². The van der Waals surface area contributed by atoms with Gasteiger partial charge in [0, 0.05) is 18.4 Å². The van der Waals surface area contributed by atoms with Gasteiger partial charge in [-0.3, -0.25) is 4.79 Å². The molecule has 1 saturated carbocycles. The van der Waals surface area contributed by atoms with Crippen molar-refractivity contribution in [2.24, 2.45) is 5.92 Å². The molecule has 1 amide bonds. The second-order valence-electron chi connectivity index (χ2n) is 8.33. The number of carbonyl (C=O) groups excluding carboxylic acids is 1. The normalized spacial score (nSPS) is 22.3. The Morgan fingerprint density at radius 2 is 1.83 bits per heavy atom. The van der Waals surface area contributed by atoms with Crippen LogP contribution in [0.15, 0.2) is 48.5 Å². The maximum atomic E-state index is 12.4. The van der Waals surface area contributed by atoms with E-state index >= 15 is 0 Å². The molecule has 1 N–H and O–H groups in total. The van der Waals surface area contributed by atoms with Gasteiger partial charge in [0.05, 0.1) is 13.2 Å². The lowest BCUT2D eigenvalue weighted by Gasteiger charge is -2.30. The quantitative estimate of drug-likeness (QED) is 0.730. The summed E-state index contributed by atoms with van der Waals surface area (Å²) in [4.78, 5) is 12.4. The van der Waals surface area contributed by atoms with E-state index in [1.54, 1.807) is 7.11 Å². The molecule has 0 aromatic heterocycles. The van der Waals surface area contributed by atoms with Gasteiger partial charge in [0.25, 0.3) is 0 Å². The van der Waals surface area contributed by atoms with E-state index in [9.17, 15) is 4.79 Å². The van der Waals surface area contributed by atoms with Crippen LogP contribution in [-0.2, 0) is 11.2 Å². The molecule has 1 aliphatic heterocycles. The Balaban J connectivity index is 1.44. The maximum Gasteiger partial charge on any atom is 0.223 e. The van der Waals surface area contributed by atoms with Gasteiger partial charge in [0.2, 0.25) is 5.91 Å². The Morgan fingerprint density at radius 1 is 1.03 bits per heavy atom. The Bertz CT molecular complexity index is 814. The van der Waals surface area contributed by atoms with E-state index in [0.29, 0.717) is 18.6 Å². The average Bonchev–Trinajstić information content (AvgIpc) is 3.27. The highest BCUT2D eigenvalue weighted by atomic mass is 16.5. The number of rotatable bonds is 7. The zero-order chi connectivity index (χ0) is 20.1. The molecular weight excluding hydrogens is 362 g/mol. The smallest absolute Gasteiger partial charge is 0.223 e. The first-order valence-corrected chi connectivity index (χ1v) is 10.9. The van der Waals surface area contributed by atoms with Crippen LogP contribution in [0.5, 0.6) is 11.5 Å². The number of aryl methyl sites for hydroxylation is 1. The second-order valence-corrected chi connectivity index (χ2v) is 8.33. The number of benzene rings is 2. The highest BCUT2D eigenvalue weighted by Gasteiger charge is 2.30. The fourth-order valence-corrected chi connectivity index (χ4v) is 4.62. The number of nitrogens with one attached hydrogen (secondary N) is 1. The van der Waals surface area contributed by atoms with Gasteiger partial charge in [-0.05, 0) is 68.2 Å². The van der Waals surface area contributed by atoms with Gasteiger partial charge in [-0.2, -0.15) is 0 Å². The summed E-state index contributed by atoms with van der Waals surface area (Å²) in [6, 6.07) is 16.7. The molecule has 2 aliphatic rings. The molecule has 2 aromatic rings. The molecule has 1 saturated heterocycles. The lowest BCUT2D eigenvalue weighted by atomic mass is 9.82. The minimum atomic E-state index is 0.0512. The minimum Gasteiger partial charge on any atom is -0.493 e. The minimum absolute atomic E-state index is 0.0512. The summed E-state index contributed by atoms with van der Waals surface area (Å²) < 4.78 is 11.8. The molecule has 154 valence electrons. The van der Waals surface area contributed by atoms with E-state index in [-0.39, 0.29) is 11.8 Å². The Hall–Kier alpha value is -2.49. The largest absolute Gasteiger partial charge is 0.493 e. The van der Waals surface area contributed by atoms with Gasteiger partial charge in [0.1, 0.15) is 0 Å². The molecule has 2 atom stereocenters. The summed E-state index contributed by atoms with van der Waals surface area (Å²) in [7, 11) is 1.69. The summed E-state index contributed by atoms with van der Waals surface area (Å²) in [5, 5.41) is 3.13. The van der Waals surface area contributed by atoms with Crippen molar-refractivity contribution in [2.45, 2.75) is 57.0 Å². The standard InChI is InChI=1S/C25H31NO3/c1-28-23-14-13-19(16-24(23)29-22-9-5-6-10-22)21-15-20(25(27)26-17-21)12-11-18-7-3-2-4-8-18/h2-4,7-8,13-14,16,20-22H,5-6,9-12,15,17H2,1H3,(H,26,27)/t20-,21-/m1/s1. The van der Waals surface area contributed by atoms with Crippen molar-refractivity contribution < 1.29 is 14.3 Å². The van der Waals surface area contributed by atoms with Crippen LogP contribution in [0.3, 0.4) is 0 Å². The van der Waals surface area contributed by atoms with Crippen molar-refractivity contribution in [3.05, 3.63) is 59.7 Å². The molecule has 1 heterocycles. The van der Waals surface area contributed by atoms with Crippen molar-refractivity contribution in [3.63, 3.8) is 0 Å². The van der Waals surface area contributed by atoms with Crippen LogP contribution >= 0.6 is 0 Å². The molecule has 0 unspecified atom stereocenters. The van der Waals surface area contributed by atoms with E-state index in [1.807, 2.05) is 12.1 Å². The Labute approximate surface area is 173 Å². The first-order valence-electron chi connectivity index (χ1n) is 10.9. The first kappa shape index (κ1) is 19.8. The molecule has 29 heavy (non-hydrogen) atoms. The molecule has 0 radical (unpaired) electrons. The van der Waals surface area contributed by atoms with Crippen molar-refractivity contribution in [1.82, 2.24) is 5.32 Å². The third kappa shape index (κ3) is 4.92. The number of hydrogen-bond acceptors (Lipinski definition) is 3. The van der Waals surface area contributed by atoms with E-state index in [2.05, 4.69) is 41.7 Å². The lowest BCUT2D eigenvalue weighted by molar-refractivity contribution is -0.127. The van der Waals surface area contributed by atoms with Crippen LogP contribution in [0.25, 0.3) is 0 Å². The predicted molar refractivity (Wildman–Crippen MR) is 114 cm³/mol. The van der Waals surface area contributed by atoms with Gasteiger partial charge in [-0.1, -0.05) is 36.4 Å². The second kappa shape index (κ2) is 9.34. The van der Waals surface area contributed by atoms with E-state index in [4.69, 9.17) is 9.47 Å². The zero-order valence-electron chi connectivity index (χ0n) is 17.2. The van der Waals surface area contributed by atoms with Crippen molar-refractivity contribution >= 4 is 5.91 Å². The molecule has 1 aliphatic carbocycles. The number of ether oxygens (including phenoxy) is 2. The predicted octanol–water partition coefficient (Wildman–Crippen LogP) is 4.87. The van der Waals surface area contributed by atoms with Crippen LogP contribution in [0.4, 0.5) is 0 Å². The van der Waals surface area contributed by atoms with Crippen molar-refractivity contribution in [2.75, 3.05) is 13.7 Å². The molecule has 2 fully saturated rings. The number of amides is 1. The molecule has 4 nitrogen and oxygen atoms in total. The zero-order valence-corrected chi connectivity index (χ0v) is 17.2. The van der Waals surface area contributed by atoms with E-state index < -0.39 is 0 Å². The SMILES string of the molecule is COc1ccc([C@H]2CNC(=O)[C@H](CCc3ccccc3)C2)cc1OC1CCCC1. The third-order valence-corrected chi connectivity index (χ3v) is 6.34. The van der Waals surface area contributed by atoms with E-state index in [1.165, 1.54) is 24.0 Å². The first-order chi connectivity index (χ1) is 14.2. The van der Waals surface area contributed by atoms with Crippen molar-refractivity contribution in [1.29, 1.82) is 0 Å². The highest BCUT2D eigenvalue weighted by molar-refractivity contribution is 5.79. The summed E-state index contributed by atoms with van der Waals surface area (Å²) >= 11 is 0. The van der Waals surface area contributed by atoms with Crippen LogP contribution < -0.4 is 14.8 Å². The fourth-order valence-electron chi connectivity index (χ4n) is 4.62. The highest BCUT2D eigenvalue weighted by Crippen LogP contribution is 2.37. The molecule has 0 spiro atoms. The van der Waals surface area contributed by atoms with Gasteiger partial charge in [-0.25, -0.2) is 0 Å². The maximum absolute atomic E-state index is 12.4. The monoisotopic (exact) mass is 393 g/mol. The lowest BCUT2D eigenvalue weighted by Crippen LogP contribution is -2.40. The van der Waals surface area contributed by atoms with Crippen molar-refractivity contribution in [3.8, 4) is 11.5 Å². The van der Waals surface area contributed by atoms with Gasteiger partial charge >= 0.3 is 0 Å². The summed E-state index contributed by atoms with van der Waals surface area (Å²) in [5.74, 6) is 2.18. The van der Waals surface area contributed by atoms with E-state index in [0.717, 1.165) is 43.6 Å². The van der Waals surface area contributed by atoms with Crippen LogP contribution in [-0.4, -0.2) is 25.7 Å². The summed E-state index contributed by atoms with van der Waals surface area (Å²) in [6.07, 6.45) is 7.72. The molecular formula is C25H31NO3. The van der Waals surface area contributed by atoms with Gasteiger partial charge in [0.15, 0.2) is 11.5 Å². The average molecular weight is 394 g/mol. The van der Waals surface area contributed by atoms with Crippen LogP contribution in [0.2, 0.25) is 0 Å². The Kier molecular flexibility index (Phi) is 6.38. The number of carbonyl (C=O) groups is 1. The van der Waals surface area contributed by atoms with Gasteiger partial charge in [-0.15, -0.1) is 0 Å². The molecule has 4 rings (SSSR count). The molecule has 0 bridgehead atoms. The summed E-state index contributed by atoms with van der Waals surface area (Å²) in [5.41, 5.74) is 2.52. The fraction of sp³-hybridized carbons (Fsp3) is 0.480. The Morgan fingerprint density at radius 3 is 2.59 bits per heavy atom. The number of piperidine rings is 1. The van der Waals surface area contributed by atoms with Crippen LogP contribution in [0.1, 0.15) is 55.6 Å². The van der Waals surface area contributed by atoms with Crippen LogP contribution in [0, 0.1) is 5.92 Å². The summed E-state index contributed by atoms with van der Waals surface area (Å²) in [6.45, 7) is 0.690. The number of methoxy groups -OCH3 is 1. The molecule has 4 heteroatoms. The molecule has 2 aromatic carbocycles. The van der Waals surface area contributed by atoms with Gasteiger partial charge < -0.3 is 14.8 Å².